The Morgan fingerprint density at radius 1 is 1.30 bits per heavy atom. The van der Waals surface area contributed by atoms with Gasteiger partial charge in [0.15, 0.2) is 0 Å². The van der Waals surface area contributed by atoms with Crippen molar-refractivity contribution < 1.29 is 0 Å². The molecule has 0 saturated carbocycles. The van der Waals surface area contributed by atoms with Crippen molar-refractivity contribution in [2.45, 2.75) is 27.2 Å². The fourth-order valence-corrected chi connectivity index (χ4v) is 1.93. The second kappa shape index (κ2) is 3.38. The minimum atomic E-state index is 0.935. The fourth-order valence-electron chi connectivity index (χ4n) is 1.93. The van der Waals surface area contributed by atoms with E-state index in [2.05, 4.69) is 25.7 Å². The van der Waals surface area contributed by atoms with Crippen LogP contribution in [0, 0.1) is 11.8 Å². The third-order valence-electron chi connectivity index (χ3n) is 2.82. The van der Waals surface area contributed by atoms with Gasteiger partial charge in [0.1, 0.15) is 0 Å². The van der Waals surface area contributed by atoms with Gasteiger partial charge < -0.3 is 4.90 Å². The molecular formula is C9H19N. The summed E-state index contributed by atoms with van der Waals surface area (Å²) in [5, 5.41) is 0. The van der Waals surface area contributed by atoms with Crippen molar-refractivity contribution in [3.05, 3.63) is 0 Å². The Morgan fingerprint density at radius 3 is 2.30 bits per heavy atom. The zero-order valence-electron chi connectivity index (χ0n) is 7.43. The monoisotopic (exact) mass is 141 g/mol. The molecule has 0 N–H and O–H groups in total. The number of nitrogens with zero attached hydrogens (tertiary/aromatic N) is 1. The Morgan fingerprint density at radius 2 is 2.00 bits per heavy atom. The van der Waals surface area contributed by atoms with Crippen LogP contribution >= 0.6 is 0 Å². The summed E-state index contributed by atoms with van der Waals surface area (Å²) in [4.78, 5) is 2.55. The first kappa shape index (κ1) is 8.06. The van der Waals surface area contributed by atoms with Gasteiger partial charge in [-0.25, -0.2) is 0 Å². The third kappa shape index (κ3) is 1.51. The quantitative estimate of drug-likeness (QED) is 0.568. The molecule has 0 radical (unpaired) electrons. The standard InChI is InChI=1S/C9H19N/c1-4-9-7-10(5-2)6-8(9)3/h8-9H,4-7H2,1-3H3. The van der Waals surface area contributed by atoms with Crippen molar-refractivity contribution in [3.63, 3.8) is 0 Å². The summed E-state index contributed by atoms with van der Waals surface area (Å²) in [5.74, 6) is 1.91. The Labute approximate surface area is 64.4 Å². The normalized spacial score (nSPS) is 35.1. The van der Waals surface area contributed by atoms with E-state index in [0.29, 0.717) is 0 Å². The lowest BCUT2D eigenvalue weighted by Crippen LogP contribution is -2.19. The van der Waals surface area contributed by atoms with Gasteiger partial charge in [-0.2, -0.15) is 0 Å². The molecule has 0 aliphatic carbocycles. The second-order valence-electron chi connectivity index (χ2n) is 3.50. The van der Waals surface area contributed by atoms with E-state index < -0.39 is 0 Å². The van der Waals surface area contributed by atoms with Crippen LogP contribution in [0.3, 0.4) is 0 Å². The lowest BCUT2D eigenvalue weighted by Gasteiger charge is -2.11. The van der Waals surface area contributed by atoms with Crippen molar-refractivity contribution in [3.8, 4) is 0 Å². The lowest BCUT2D eigenvalue weighted by atomic mass is 9.96. The maximum absolute atomic E-state index is 2.55. The number of hydrogen-bond donors (Lipinski definition) is 0. The highest BCUT2D eigenvalue weighted by molar-refractivity contribution is 4.79. The van der Waals surface area contributed by atoms with Gasteiger partial charge in [0.05, 0.1) is 0 Å². The van der Waals surface area contributed by atoms with Crippen molar-refractivity contribution in [1.82, 2.24) is 4.90 Å². The van der Waals surface area contributed by atoms with Crippen LogP contribution < -0.4 is 0 Å². The molecule has 1 fully saturated rings. The molecule has 1 aliphatic heterocycles. The smallest absolute Gasteiger partial charge is 0.00126 e. The molecule has 0 aromatic rings. The van der Waals surface area contributed by atoms with Crippen molar-refractivity contribution in [1.29, 1.82) is 0 Å². The molecule has 1 saturated heterocycles. The van der Waals surface area contributed by atoms with Crippen molar-refractivity contribution in [2.24, 2.45) is 11.8 Å². The van der Waals surface area contributed by atoms with Crippen LogP contribution in [0.25, 0.3) is 0 Å². The van der Waals surface area contributed by atoms with Crippen molar-refractivity contribution >= 4 is 0 Å². The van der Waals surface area contributed by atoms with Crippen molar-refractivity contribution in [2.75, 3.05) is 19.6 Å². The summed E-state index contributed by atoms with van der Waals surface area (Å²) in [6.07, 6.45) is 1.36. The molecule has 60 valence electrons. The Kier molecular flexibility index (Phi) is 2.72. The predicted octanol–water partition coefficient (Wildman–Crippen LogP) is 1.98. The van der Waals surface area contributed by atoms with Gasteiger partial charge in [0.25, 0.3) is 0 Å². The van der Waals surface area contributed by atoms with E-state index in [9.17, 15) is 0 Å². The van der Waals surface area contributed by atoms with Gasteiger partial charge in [0, 0.05) is 13.1 Å². The van der Waals surface area contributed by atoms with E-state index in [0.717, 1.165) is 11.8 Å². The molecule has 1 nitrogen and oxygen atoms in total. The minimum Gasteiger partial charge on any atom is -0.303 e. The molecule has 0 aromatic heterocycles. The van der Waals surface area contributed by atoms with Crippen LogP contribution in [0.1, 0.15) is 27.2 Å². The van der Waals surface area contributed by atoms with E-state index in [1.165, 1.54) is 26.1 Å². The molecule has 2 unspecified atom stereocenters. The van der Waals surface area contributed by atoms with E-state index >= 15 is 0 Å². The molecule has 0 amide bonds. The van der Waals surface area contributed by atoms with Gasteiger partial charge in [0.2, 0.25) is 0 Å². The molecule has 2 atom stereocenters. The molecule has 1 heteroatoms. The highest BCUT2D eigenvalue weighted by atomic mass is 15.1. The first-order valence-electron chi connectivity index (χ1n) is 4.50. The average Bonchev–Trinajstić information content (AvgIpc) is 2.30. The molecule has 1 aliphatic rings. The number of likely N-dealkylation sites (tertiary alicyclic amines) is 1. The first-order chi connectivity index (χ1) is 4.77. The Bertz CT molecular complexity index is 101. The van der Waals surface area contributed by atoms with Gasteiger partial charge in [-0.15, -0.1) is 0 Å². The molecular weight excluding hydrogens is 122 g/mol. The average molecular weight is 141 g/mol. The third-order valence-corrected chi connectivity index (χ3v) is 2.82. The van der Waals surface area contributed by atoms with E-state index in [1.54, 1.807) is 0 Å². The Balaban J connectivity index is 2.36. The number of rotatable bonds is 2. The topological polar surface area (TPSA) is 3.24 Å². The van der Waals surface area contributed by atoms with Crippen LogP contribution in [-0.2, 0) is 0 Å². The summed E-state index contributed by atoms with van der Waals surface area (Å²) < 4.78 is 0. The molecule has 0 spiro atoms. The SMILES string of the molecule is CCC1CN(CC)CC1C. The van der Waals surface area contributed by atoms with Crippen LogP contribution in [0.2, 0.25) is 0 Å². The largest absolute Gasteiger partial charge is 0.303 e. The van der Waals surface area contributed by atoms with E-state index in [-0.39, 0.29) is 0 Å². The first-order valence-corrected chi connectivity index (χ1v) is 4.50. The summed E-state index contributed by atoms with van der Waals surface area (Å²) in [5.41, 5.74) is 0. The maximum atomic E-state index is 2.55. The van der Waals surface area contributed by atoms with Gasteiger partial charge in [-0.3, -0.25) is 0 Å². The lowest BCUT2D eigenvalue weighted by molar-refractivity contribution is 0.339. The van der Waals surface area contributed by atoms with E-state index in [4.69, 9.17) is 0 Å². The molecule has 10 heavy (non-hydrogen) atoms. The zero-order valence-corrected chi connectivity index (χ0v) is 7.43. The summed E-state index contributed by atoms with van der Waals surface area (Å²) in [6, 6.07) is 0. The fraction of sp³-hybridized carbons (Fsp3) is 1.00. The van der Waals surface area contributed by atoms with Gasteiger partial charge in [-0.05, 0) is 18.4 Å². The number of hydrogen-bond acceptors (Lipinski definition) is 1. The second-order valence-corrected chi connectivity index (χ2v) is 3.50. The van der Waals surface area contributed by atoms with E-state index in [1.807, 2.05) is 0 Å². The summed E-state index contributed by atoms with van der Waals surface area (Å²) >= 11 is 0. The van der Waals surface area contributed by atoms with Crippen LogP contribution in [0.5, 0.6) is 0 Å². The molecule has 0 bridgehead atoms. The highest BCUT2D eigenvalue weighted by Gasteiger charge is 2.26. The van der Waals surface area contributed by atoms with Gasteiger partial charge >= 0.3 is 0 Å². The summed E-state index contributed by atoms with van der Waals surface area (Å²) in [6.45, 7) is 10.8. The molecule has 1 heterocycles. The molecule has 1 rings (SSSR count). The zero-order chi connectivity index (χ0) is 7.56. The predicted molar refractivity (Wildman–Crippen MR) is 45.1 cm³/mol. The van der Waals surface area contributed by atoms with Crippen LogP contribution in [0.4, 0.5) is 0 Å². The Hall–Kier alpha value is -0.0400. The minimum absolute atomic E-state index is 0.935. The summed E-state index contributed by atoms with van der Waals surface area (Å²) in [7, 11) is 0. The maximum Gasteiger partial charge on any atom is 0.00126 e. The van der Waals surface area contributed by atoms with Gasteiger partial charge in [-0.1, -0.05) is 27.2 Å². The van der Waals surface area contributed by atoms with Crippen LogP contribution in [-0.4, -0.2) is 24.5 Å². The highest BCUT2D eigenvalue weighted by Crippen LogP contribution is 2.24. The van der Waals surface area contributed by atoms with Crippen LogP contribution in [0.15, 0.2) is 0 Å². The molecule has 0 aromatic carbocycles.